The van der Waals surface area contributed by atoms with Gasteiger partial charge in [0.1, 0.15) is 5.82 Å². The third-order valence-electron chi connectivity index (χ3n) is 4.87. The topological polar surface area (TPSA) is 76.9 Å². The van der Waals surface area contributed by atoms with Gasteiger partial charge in [-0.05, 0) is 56.3 Å². The van der Waals surface area contributed by atoms with Crippen molar-refractivity contribution in [3.63, 3.8) is 0 Å². The van der Waals surface area contributed by atoms with Crippen molar-refractivity contribution in [1.29, 1.82) is 0 Å². The molecule has 4 aromatic rings. The monoisotopic (exact) mass is 452 g/mol. The molecule has 164 valence electrons. The minimum atomic E-state index is -0.416. The molecule has 5 rings (SSSR count). The summed E-state index contributed by atoms with van der Waals surface area (Å²) < 4.78 is 19.9. The Morgan fingerprint density at radius 1 is 0.969 bits per heavy atom. The molecule has 0 amide bonds. The van der Waals surface area contributed by atoms with Crippen LogP contribution in [0.3, 0.4) is 0 Å². The number of anilines is 1. The van der Waals surface area contributed by atoms with Crippen LogP contribution in [0.15, 0.2) is 48.7 Å². The molecule has 0 unspecified atom stereocenters. The first kappa shape index (κ1) is 22.0. The van der Waals surface area contributed by atoms with E-state index in [1.807, 2.05) is 43.0 Å². The second-order valence-corrected chi connectivity index (χ2v) is 7.72. The summed E-state index contributed by atoms with van der Waals surface area (Å²) in [6.45, 7) is 6.44. The molecule has 0 bridgehead atoms. The van der Waals surface area contributed by atoms with Gasteiger partial charge in [-0.1, -0.05) is 11.6 Å². The molecule has 1 saturated heterocycles. The highest BCUT2D eigenvalue weighted by Crippen LogP contribution is 2.31. The van der Waals surface area contributed by atoms with E-state index in [2.05, 4.69) is 25.1 Å². The Labute approximate surface area is 190 Å². The van der Waals surface area contributed by atoms with Crippen molar-refractivity contribution in [3.8, 4) is 11.3 Å². The quantitative estimate of drug-likeness (QED) is 0.445. The van der Waals surface area contributed by atoms with Gasteiger partial charge in [0.15, 0.2) is 5.65 Å². The van der Waals surface area contributed by atoms with Gasteiger partial charge in [-0.2, -0.15) is 15.2 Å². The SMILES string of the molecule is Cc1ccc2c(-c3ccc(Cl)cc3F)nc(N3CCOCC3)nc2n1.Cc1cccnn1. The van der Waals surface area contributed by atoms with Crippen molar-refractivity contribution < 1.29 is 9.13 Å². The number of halogens is 2. The lowest BCUT2D eigenvalue weighted by molar-refractivity contribution is 0.122. The maximum Gasteiger partial charge on any atom is 0.228 e. The van der Waals surface area contributed by atoms with Crippen LogP contribution < -0.4 is 4.90 Å². The highest BCUT2D eigenvalue weighted by molar-refractivity contribution is 6.30. The first-order valence-electron chi connectivity index (χ1n) is 10.2. The fraction of sp³-hybridized carbons (Fsp3) is 0.261. The molecule has 1 aromatic carbocycles. The minimum absolute atomic E-state index is 0.349. The van der Waals surface area contributed by atoms with Gasteiger partial charge in [-0.15, -0.1) is 0 Å². The first-order valence-corrected chi connectivity index (χ1v) is 10.6. The molecule has 1 aliphatic heterocycles. The average molecular weight is 453 g/mol. The van der Waals surface area contributed by atoms with Crippen LogP contribution in [0.25, 0.3) is 22.3 Å². The van der Waals surface area contributed by atoms with E-state index in [0.29, 0.717) is 59.6 Å². The maximum atomic E-state index is 14.5. The molecule has 0 saturated carbocycles. The number of morpholine rings is 1. The summed E-state index contributed by atoms with van der Waals surface area (Å²) in [5, 5.41) is 8.42. The Hall–Kier alpha value is -3.23. The van der Waals surface area contributed by atoms with Gasteiger partial charge < -0.3 is 9.64 Å². The molecular weight excluding hydrogens is 431 g/mol. The molecule has 9 heteroatoms. The largest absolute Gasteiger partial charge is 0.378 e. The Morgan fingerprint density at radius 3 is 2.44 bits per heavy atom. The molecule has 7 nitrogen and oxygen atoms in total. The van der Waals surface area contributed by atoms with Crippen LogP contribution in [0.4, 0.5) is 10.3 Å². The molecule has 0 radical (unpaired) electrons. The summed E-state index contributed by atoms with van der Waals surface area (Å²) in [6, 6.07) is 12.1. The Bertz CT molecular complexity index is 1220. The summed E-state index contributed by atoms with van der Waals surface area (Å²) in [4.78, 5) is 15.8. The molecule has 3 aromatic heterocycles. The van der Waals surface area contributed by atoms with E-state index in [-0.39, 0.29) is 0 Å². The van der Waals surface area contributed by atoms with Crippen LogP contribution in [0.5, 0.6) is 0 Å². The Kier molecular flexibility index (Phi) is 6.82. The van der Waals surface area contributed by atoms with Crippen molar-refractivity contribution in [2.24, 2.45) is 0 Å². The molecule has 0 atom stereocenters. The Balaban J connectivity index is 0.000000300. The van der Waals surface area contributed by atoms with Crippen LogP contribution in [0, 0.1) is 19.7 Å². The third-order valence-corrected chi connectivity index (χ3v) is 5.11. The Morgan fingerprint density at radius 2 is 1.78 bits per heavy atom. The predicted octanol–water partition coefficient (Wildman–Crippen LogP) is 4.41. The standard InChI is InChI=1S/C18H16ClFN4O.C5H6N2/c1-11-2-4-14-16(13-5-3-12(19)10-15(13)20)22-18(23-17(14)21-11)24-6-8-25-9-7-24;1-5-3-2-4-6-7-5/h2-5,10H,6-9H2,1H3;2-4H,1H3. The summed E-state index contributed by atoms with van der Waals surface area (Å²) >= 11 is 5.89. The molecule has 1 fully saturated rings. The average Bonchev–Trinajstić information content (AvgIpc) is 2.80. The van der Waals surface area contributed by atoms with Gasteiger partial charge in [0.25, 0.3) is 0 Å². The summed E-state index contributed by atoms with van der Waals surface area (Å²) in [6.07, 6.45) is 1.66. The van der Waals surface area contributed by atoms with E-state index in [0.717, 1.165) is 11.4 Å². The van der Waals surface area contributed by atoms with E-state index in [4.69, 9.17) is 16.3 Å². The second kappa shape index (κ2) is 9.93. The van der Waals surface area contributed by atoms with Gasteiger partial charge in [0.05, 0.1) is 24.6 Å². The van der Waals surface area contributed by atoms with Crippen molar-refractivity contribution in [1.82, 2.24) is 25.1 Å². The molecule has 0 spiro atoms. The molecule has 32 heavy (non-hydrogen) atoms. The number of aromatic nitrogens is 5. The van der Waals surface area contributed by atoms with Crippen molar-refractivity contribution in [2.45, 2.75) is 13.8 Å². The van der Waals surface area contributed by atoms with E-state index < -0.39 is 5.82 Å². The van der Waals surface area contributed by atoms with Crippen LogP contribution in [-0.4, -0.2) is 51.5 Å². The van der Waals surface area contributed by atoms with Gasteiger partial charge in [0.2, 0.25) is 5.95 Å². The van der Waals surface area contributed by atoms with Crippen molar-refractivity contribution in [3.05, 3.63) is 70.9 Å². The number of hydrogen-bond donors (Lipinski definition) is 0. The smallest absolute Gasteiger partial charge is 0.228 e. The van der Waals surface area contributed by atoms with Crippen molar-refractivity contribution >= 4 is 28.6 Å². The van der Waals surface area contributed by atoms with Gasteiger partial charge >= 0.3 is 0 Å². The number of nitrogens with zero attached hydrogens (tertiary/aromatic N) is 6. The first-order chi connectivity index (χ1) is 15.5. The second-order valence-electron chi connectivity index (χ2n) is 7.28. The van der Waals surface area contributed by atoms with Gasteiger partial charge in [-0.3, -0.25) is 0 Å². The number of hydrogen-bond acceptors (Lipinski definition) is 7. The molecule has 4 heterocycles. The maximum absolute atomic E-state index is 14.5. The zero-order valence-corrected chi connectivity index (χ0v) is 18.6. The van der Waals surface area contributed by atoms with E-state index >= 15 is 0 Å². The van der Waals surface area contributed by atoms with Crippen LogP contribution >= 0.6 is 11.6 Å². The molecule has 0 N–H and O–H groups in total. The molecular formula is C23H22ClFN6O. The number of fused-ring (bicyclic) bond motifs is 1. The van der Waals surface area contributed by atoms with Crippen LogP contribution in [-0.2, 0) is 4.74 Å². The lowest BCUT2D eigenvalue weighted by Crippen LogP contribution is -2.37. The number of ether oxygens (including phenoxy) is 1. The zero-order chi connectivity index (χ0) is 22.5. The fourth-order valence-electron chi connectivity index (χ4n) is 3.26. The van der Waals surface area contributed by atoms with E-state index in [9.17, 15) is 4.39 Å². The van der Waals surface area contributed by atoms with E-state index in [1.165, 1.54) is 6.07 Å². The number of pyridine rings is 1. The van der Waals surface area contributed by atoms with Gasteiger partial charge in [0, 0.05) is 41.0 Å². The number of benzene rings is 1. The number of rotatable bonds is 2. The fourth-order valence-corrected chi connectivity index (χ4v) is 3.42. The summed E-state index contributed by atoms with van der Waals surface area (Å²) in [5.41, 5.74) is 3.27. The van der Waals surface area contributed by atoms with E-state index in [1.54, 1.807) is 18.3 Å². The zero-order valence-electron chi connectivity index (χ0n) is 17.8. The van der Waals surface area contributed by atoms with Gasteiger partial charge in [-0.25, -0.2) is 14.4 Å². The third kappa shape index (κ3) is 5.15. The normalized spacial score (nSPS) is 13.6. The summed E-state index contributed by atoms with van der Waals surface area (Å²) in [5.74, 6) is 0.124. The summed E-state index contributed by atoms with van der Waals surface area (Å²) in [7, 11) is 0. The minimum Gasteiger partial charge on any atom is -0.378 e. The lowest BCUT2D eigenvalue weighted by atomic mass is 10.1. The predicted molar refractivity (Wildman–Crippen MR) is 122 cm³/mol. The molecule has 0 aliphatic carbocycles. The highest BCUT2D eigenvalue weighted by atomic mass is 35.5. The van der Waals surface area contributed by atoms with Crippen LogP contribution in [0.1, 0.15) is 11.4 Å². The molecule has 1 aliphatic rings. The van der Waals surface area contributed by atoms with Crippen molar-refractivity contribution in [2.75, 3.05) is 31.2 Å². The van der Waals surface area contributed by atoms with Crippen LogP contribution in [0.2, 0.25) is 5.02 Å². The lowest BCUT2D eigenvalue weighted by Gasteiger charge is -2.27. The number of aryl methyl sites for hydroxylation is 2. The highest BCUT2D eigenvalue weighted by Gasteiger charge is 2.19.